The van der Waals surface area contributed by atoms with Crippen molar-refractivity contribution in [3.8, 4) is 16.9 Å². The molecule has 2 heterocycles. The van der Waals surface area contributed by atoms with E-state index >= 15 is 0 Å². The highest BCUT2D eigenvalue weighted by Gasteiger charge is 2.16. The van der Waals surface area contributed by atoms with Crippen molar-refractivity contribution in [2.75, 3.05) is 7.11 Å². The van der Waals surface area contributed by atoms with Crippen LogP contribution in [0.5, 0.6) is 5.75 Å². The van der Waals surface area contributed by atoms with Crippen LogP contribution in [0.1, 0.15) is 31.9 Å². The maximum absolute atomic E-state index is 5.31. The van der Waals surface area contributed by atoms with Crippen LogP contribution in [0.25, 0.3) is 33.3 Å². The van der Waals surface area contributed by atoms with Gasteiger partial charge in [0, 0.05) is 11.3 Å². The van der Waals surface area contributed by atoms with Gasteiger partial charge in [-0.1, -0.05) is 44.0 Å². The number of nitrogens with zero attached hydrogens (tertiary/aromatic N) is 2. The fourth-order valence-corrected chi connectivity index (χ4v) is 3.42. The Morgan fingerprint density at radius 1 is 0.923 bits per heavy atom. The number of rotatable bonds is 6. The number of H-pyrrole nitrogens is 1. The number of nitrogens with one attached hydrogen (secondary N) is 1. The third-order valence-electron chi connectivity index (χ3n) is 4.79. The molecule has 0 aliphatic heterocycles. The molecule has 2 aromatic heterocycles. The normalized spacial score (nSPS) is 11.3. The zero-order valence-electron chi connectivity index (χ0n) is 15.2. The molecule has 0 aliphatic rings. The first kappa shape index (κ1) is 16.6. The van der Waals surface area contributed by atoms with Gasteiger partial charge in [-0.15, -0.1) is 0 Å². The van der Waals surface area contributed by atoms with Gasteiger partial charge < -0.3 is 9.72 Å². The van der Waals surface area contributed by atoms with Crippen LogP contribution >= 0.6 is 0 Å². The van der Waals surface area contributed by atoms with Crippen molar-refractivity contribution < 1.29 is 4.74 Å². The number of methoxy groups -OCH3 is 1. The van der Waals surface area contributed by atoms with E-state index < -0.39 is 0 Å². The largest absolute Gasteiger partial charge is 0.497 e. The lowest BCUT2D eigenvalue weighted by Gasteiger charge is -2.06. The Morgan fingerprint density at radius 3 is 2.35 bits per heavy atom. The van der Waals surface area contributed by atoms with Gasteiger partial charge in [-0.25, -0.2) is 9.97 Å². The van der Waals surface area contributed by atoms with Crippen molar-refractivity contribution >= 4 is 22.2 Å². The molecule has 4 heteroatoms. The first-order valence-electron chi connectivity index (χ1n) is 9.22. The molecule has 26 heavy (non-hydrogen) atoms. The number of fused-ring (bicyclic) bond motifs is 2. The molecule has 0 unspecified atom stereocenters. The van der Waals surface area contributed by atoms with Gasteiger partial charge in [0.25, 0.3) is 0 Å². The zero-order chi connectivity index (χ0) is 17.9. The van der Waals surface area contributed by atoms with Crippen molar-refractivity contribution in [1.29, 1.82) is 0 Å². The molecule has 0 amide bonds. The van der Waals surface area contributed by atoms with E-state index in [9.17, 15) is 0 Å². The molecule has 4 nitrogen and oxygen atoms in total. The summed E-state index contributed by atoms with van der Waals surface area (Å²) in [6, 6.07) is 16.2. The van der Waals surface area contributed by atoms with Crippen molar-refractivity contribution in [3.05, 3.63) is 54.2 Å². The van der Waals surface area contributed by atoms with E-state index in [1.54, 1.807) is 7.11 Å². The summed E-state index contributed by atoms with van der Waals surface area (Å²) in [5, 5.41) is 0. The minimum absolute atomic E-state index is 0.859. The first-order chi connectivity index (χ1) is 12.8. The van der Waals surface area contributed by atoms with Gasteiger partial charge in [0.1, 0.15) is 11.3 Å². The minimum atomic E-state index is 0.859. The Bertz CT molecular complexity index is 1030. The number of aromatic nitrogens is 3. The van der Waals surface area contributed by atoms with Crippen LogP contribution in [0.15, 0.2) is 48.5 Å². The van der Waals surface area contributed by atoms with Crippen molar-refractivity contribution in [2.45, 2.75) is 32.6 Å². The van der Waals surface area contributed by atoms with Crippen molar-refractivity contribution in [3.63, 3.8) is 0 Å². The van der Waals surface area contributed by atoms with Gasteiger partial charge in [-0.2, -0.15) is 0 Å². The number of para-hydroxylation sites is 2. The monoisotopic (exact) mass is 345 g/mol. The van der Waals surface area contributed by atoms with E-state index in [2.05, 4.69) is 24.0 Å². The molecule has 0 radical (unpaired) electrons. The number of hydrogen-bond donors (Lipinski definition) is 1. The Balaban J connectivity index is 1.89. The lowest BCUT2D eigenvalue weighted by atomic mass is 10.0. The molecule has 2 aromatic carbocycles. The number of aryl methyl sites for hydroxylation is 1. The van der Waals surface area contributed by atoms with E-state index in [1.165, 1.54) is 18.5 Å². The smallest absolute Gasteiger partial charge is 0.157 e. The number of ether oxygens (including phenoxy) is 1. The van der Waals surface area contributed by atoms with E-state index in [1.807, 2.05) is 36.4 Å². The predicted molar refractivity (Wildman–Crippen MR) is 107 cm³/mol. The maximum atomic E-state index is 5.31. The maximum Gasteiger partial charge on any atom is 0.157 e. The van der Waals surface area contributed by atoms with E-state index in [-0.39, 0.29) is 0 Å². The summed E-state index contributed by atoms with van der Waals surface area (Å²) in [4.78, 5) is 13.3. The molecule has 0 spiro atoms. The molecule has 4 aromatic rings. The van der Waals surface area contributed by atoms with Crippen molar-refractivity contribution in [2.24, 2.45) is 0 Å². The zero-order valence-corrected chi connectivity index (χ0v) is 15.2. The lowest BCUT2D eigenvalue weighted by molar-refractivity contribution is 0.415. The van der Waals surface area contributed by atoms with Crippen molar-refractivity contribution in [1.82, 2.24) is 15.0 Å². The molecular weight excluding hydrogens is 322 g/mol. The molecule has 0 bridgehead atoms. The molecular formula is C22H23N3O. The van der Waals surface area contributed by atoms with Crippen LogP contribution in [0.4, 0.5) is 0 Å². The van der Waals surface area contributed by atoms with Crippen LogP contribution in [-0.2, 0) is 6.42 Å². The van der Waals surface area contributed by atoms with Crippen LogP contribution in [0, 0.1) is 0 Å². The van der Waals surface area contributed by atoms with Gasteiger partial charge in [-0.3, -0.25) is 0 Å². The van der Waals surface area contributed by atoms with Gasteiger partial charge in [0.05, 0.1) is 18.1 Å². The summed E-state index contributed by atoms with van der Waals surface area (Å²) in [5.41, 5.74) is 7.18. The number of aromatic amines is 1. The third-order valence-corrected chi connectivity index (χ3v) is 4.79. The van der Waals surface area contributed by atoms with E-state index in [0.717, 1.165) is 51.9 Å². The van der Waals surface area contributed by atoms with Gasteiger partial charge in [0.15, 0.2) is 5.65 Å². The fourth-order valence-electron chi connectivity index (χ4n) is 3.42. The Kier molecular flexibility index (Phi) is 4.57. The van der Waals surface area contributed by atoms with Gasteiger partial charge in [-0.05, 0) is 42.7 Å². The van der Waals surface area contributed by atoms with Crippen LogP contribution in [-0.4, -0.2) is 22.1 Å². The highest BCUT2D eigenvalue weighted by atomic mass is 16.5. The SMILES string of the molecule is CCCCCc1[nH]c2nc3ccccc3nc2c1-c1ccc(OC)cc1. The molecule has 0 saturated heterocycles. The average Bonchev–Trinajstić information content (AvgIpc) is 3.03. The summed E-state index contributed by atoms with van der Waals surface area (Å²) in [6.45, 7) is 2.23. The molecule has 4 rings (SSSR count). The number of benzene rings is 2. The Morgan fingerprint density at radius 2 is 1.65 bits per heavy atom. The highest BCUT2D eigenvalue weighted by molar-refractivity contribution is 5.96. The van der Waals surface area contributed by atoms with E-state index in [4.69, 9.17) is 14.7 Å². The molecule has 1 N–H and O–H groups in total. The molecule has 0 aliphatic carbocycles. The number of unbranched alkanes of at least 4 members (excludes halogenated alkanes) is 2. The second-order valence-corrected chi connectivity index (χ2v) is 6.57. The molecule has 0 atom stereocenters. The second-order valence-electron chi connectivity index (χ2n) is 6.57. The quantitative estimate of drug-likeness (QED) is 0.468. The third kappa shape index (κ3) is 3.03. The van der Waals surface area contributed by atoms with Gasteiger partial charge in [0.2, 0.25) is 0 Å². The average molecular weight is 345 g/mol. The predicted octanol–water partition coefficient (Wildman–Crippen LogP) is 5.52. The molecule has 132 valence electrons. The fraction of sp³-hybridized carbons (Fsp3) is 0.273. The first-order valence-corrected chi connectivity index (χ1v) is 9.22. The summed E-state index contributed by atoms with van der Waals surface area (Å²) < 4.78 is 5.31. The summed E-state index contributed by atoms with van der Waals surface area (Å²) in [7, 11) is 1.69. The molecule has 0 fully saturated rings. The Hall–Kier alpha value is -2.88. The summed E-state index contributed by atoms with van der Waals surface area (Å²) >= 11 is 0. The minimum Gasteiger partial charge on any atom is -0.497 e. The topological polar surface area (TPSA) is 50.8 Å². The van der Waals surface area contributed by atoms with Crippen LogP contribution in [0.3, 0.4) is 0 Å². The van der Waals surface area contributed by atoms with E-state index in [0.29, 0.717) is 0 Å². The molecule has 0 saturated carbocycles. The number of hydrogen-bond acceptors (Lipinski definition) is 3. The Labute approximate surface area is 153 Å². The summed E-state index contributed by atoms with van der Waals surface area (Å²) in [6.07, 6.45) is 4.59. The van der Waals surface area contributed by atoms with Crippen LogP contribution < -0.4 is 4.74 Å². The lowest BCUT2D eigenvalue weighted by Crippen LogP contribution is -1.90. The van der Waals surface area contributed by atoms with Crippen LogP contribution in [0.2, 0.25) is 0 Å². The van der Waals surface area contributed by atoms with Gasteiger partial charge >= 0.3 is 0 Å². The summed E-state index contributed by atoms with van der Waals surface area (Å²) in [5.74, 6) is 0.859. The standard InChI is InChI=1S/C22H23N3O/c1-3-4-5-10-19-20(15-11-13-16(26-2)14-12-15)21-22(25-19)24-18-9-7-6-8-17(18)23-21/h6-9,11-14H,3-5,10H2,1-2H3,(H,24,25). The second kappa shape index (κ2) is 7.16. The highest BCUT2D eigenvalue weighted by Crippen LogP contribution is 2.33.